The Morgan fingerprint density at radius 2 is 1.74 bits per heavy atom. The van der Waals surface area contributed by atoms with E-state index in [2.05, 4.69) is 5.32 Å². The van der Waals surface area contributed by atoms with Gasteiger partial charge in [0.25, 0.3) is 5.91 Å². The van der Waals surface area contributed by atoms with Gasteiger partial charge in [0.15, 0.2) is 0 Å². The van der Waals surface area contributed by atoms with Gasteiger partial charge in [0.1, 0.15) is 12.6 Å². The molecule has 0 bridgehead atoms. The molecule has 3 aromatic carbocycles. The lowest BCUT2D eigenvalue weighted by Crippen LogP contribution is -2.51. The highest BCUT2D eigenvalue weighted by Gasteiger charge is 2.34. The van der Waals surface area contributed by atoms with Crippen molar-refractivity contribution >= 4 is 45.8 Å². The first-order valence-electron chi connectivity index (χ1n) is 11.4. The molecule has 0 radical (unpaired) electrons. The van der Waals surface area contributed by atoms with E-state index in [1.54, 1.807) is 25.1 Å². The second-order valence-corrected chi connectivity index (χ2v) is 9.48. The van der Waals surface area contributed by atoms with Gasteiger partial charge in [-0.15, -0.1) is 0 Å². The van der Waals surface area contributed by atoms with Crippen LogP contribution in [-0.4, -0.2) is 41.8 Å². The zero-order valence-electron chi connectivity index (χ0n) is 19.5. The molecule has 1 aliphatic rings. The van der Waals surface area contributed by atoms with Crippen molar-refractivity contribution in [3.05, 3.63) is 76.8 Å². The maximum Gasteiger partial charge on any atom is 0.259 e. The second kappa shape index (κ2) is 9.85. The molecule has 4 rings (SSSR count). The van der Waals surface area contributed by atoms with Crippen LogP contribution in [0, 0.1) is 5.92 Å². The first kappa shape index (κ1) is 23.8. The average Bonchev–Trinajstić information content (AvgIpc) is 3.08. The first-order valence-corrected chi connectivity index (χ1v) is 11.8. The number of halogens is 1. The molecule has 7 heteroatoms. The molecule has 1 heterocycles. The number of amides is 3. The third-order valence-corrected chi connectivity index (χ3v) is 6.27. The van der Waals surface area contributed by atoms with Crippen molar-refractivity contribution in [2.24, 2.45) is 5.92 Å². The van der Waals surface area contributed by atoms with Crippen LogP contribution in [0.15, 0.2) is 60.7 Å². The minimum atomic E-state index is -0.721. The van der Waals surface area contributed by atoms with Crippen LogP contribution in [0.2, 0.25) is 5.02 Å². The van der Waals surface area contributed by atoms with Crippen molar-refractivity contribution in [1.29, 1.82) is 0 Å². The molecule has 0 fully saturated rings. The lowest BCUT2D eigenvalue weighted by molar-refractivity contribution is -0.139. The van der Waals surface area contributed by atoms with Crippen molar-refractivity contribution in [2.45, 2.75) is 33.4 Å². The Balaban J connectivity index is 1.61. The van der Waals surface area contributed by atoms with Crippen LogP contribution in [0.3, 0.4) is 0 Å². The molecule has 176 valence electrons. The molecule has 0 aromatic heterocycles. The smallest absolute Gasteiger partial charge is 0.259 e. The van der Waals surface area contributed by atoms with Gasteiger partial charge in [0.2, 0.25) is 11.8 Å². The lowest BCUT2D eigenvalue weighted by atomic mass is 10.1. The van der Waals surface area contributed by atoms with Crippen molar-refractivity contribution < 1.29 is 14.4 Å². The standard InChI is InChI=1S/C27H28ClN3O3/c1-17(2)14-29-26(33)18(3)30(15-19-7-4-10-21(28)13-19)24(32)16-31-23-12-6-9-20-8-5-11-22(25(20)23)27(31)34/h4-13,17-18H,14-16H2,1-3H3,(H,29,33). The summed E-state index contributed by atoms with van der Waals surface area (Å²) in [6, 6.07) is 17.7. The number of carbonyl (C=O) groups is 3. The Morgan fingerprint density at radius 3 is 2.44 bits per heavy atom. The van der Waals surface area contributed by atoms with Crippen LogP contribution in [-0.2, 0) is 16.1 Å². The Morgan fingerprint density at radius 1 is 1.03 bits per heavy atom. The van der Waals surface area contributed by atoms with E-state index in [4.69, 9.17) is 11.6 Å². The minimum Gasteiger partial charge on any atom is -0.354 e. The van der Waals surface area contributed by atoms with Crippen molar-refractivity contribution in [3.8, 4) is 0 Å². The van der Waals surface area contributed by atoms with E-state index in [9.17, 15) is 14.4 Å². The molecule has 1 N–H and O–H groups in total. The van der Waals surface area contributed by atoms with Gasteiger partial charge in [0.05, 0.1) is 5.69 Å². The van der Waals surface area contributed by atoms with Crippen LogP contribution >= 0.6 is 11.6 Å². The normalized spacial score (nSPS) is 13.4. The third-order valence-electron chi connectivity index (χ3n) is 6.04. The number of nitrogens with zero attached hydrogens (tertiary/aromatic N) is 2. The van der Waals surface area contributed by atoms with Crippen LogP contribution in [0.1, 0.15) is 36.7 Å². The predicted molar refractivity (Wildman–Crippen MR) is 135 cm³/mol. The molecule has 1 atom stereocenters. The summed E-state index contributed by atoms with van der Waals surface area (Å²) in [6.45, 7) is 6.29. The molecular weight excluding hydrogens is 450 g/mol. The average molecular weight is 478 g/mol. The van der Waals surface area contributed by atoms with Gasteiger partial charge < -0.3 is 10.2 Å². The third kappa shape index (κ3) is 4.77. The van der Waals surface area contributed by atoms with E-state index < -0.39 is 6.04 Å². The molecule has 1 unspecified atom stereocenters. The first-order chi connectivity index (χ1) is 16.3. The van der Waals surface area contributed by atoms with Gasteiger partial charge in [-0.05, 0) is 48.1 Å². The summed E-state index contributed by atoms with van der Waals surface area (Å²) < 4.78 is 0. The highest BCUT2D eigenvalue weighted by Crippen LogP contribution is 2.37. The molecule has 34 heavy (non-hydrogen) atoms. The number of hydrogen-bond donors (Lipinski definition) is 1. The highest BCUT2D eigenvalue weighted by atomic mass is 35.5. The number of benzene rings is 3. The van der Waals surface area contributed by atoms with Crippen LogP contribution in [0.4, 0.5) is 5.69 Å². The van der Waals surface area contributed by atoms with Gasteiger partial charge in [-0.3, -0.25) is 19.3 Å². The second-order valence-electron chi connectivity index (χ2n) is 9.04. The van der Waals surface area contributed by atoms with E-state index in [0.717, 1.165) is 16.3 Å². The molecule has 0 saturated heterocycles. The summed E-state index contributed by atoms with van der Waals surface area (Å²) in [7, 11) is 0. The summed E-state index contributed by atoms with van der Waals surface area (Å²) in [4.78, 5) is 42.7. The van der Waals surface area contributed by atoms with Gasteiger partial charge in [0, 0.05) is 29.1 Å². The monoisotopic (exact) mass is 477 g/mol. The predicted octanol–water partition coefficient (Wildman–Crippen LogP) is 4.64. The van der Waals surface area contributed by atoms with Gasteiger partial charge in [-0.25, -0.2) is 0 Å². The summed E-state index contributed by atoms with van der Waals surface area (Å²) in [6.07, 6.45) is 0. The maximum atomic E-state index is 13.6. The largest absolute Gasteiger partial charge is 0.354 e. The Kier molecular flexibility index (Phi) is 6.89. The van der Waals surface area contributed by atoms with Crippen LogP contribution in [0.25, 0.3) is 10.8 Å². The number of carbonyl (C=O) groups excluding carboxylic acids is 3. The quantitative estimate of drug-likeness (QED) is 0.513. The number of nitrogens with one attached hydrogen (secondary N) is 1. The zero-order valence-corrected chi connectivity index (χ0v) is 20.3. The Bertz CT molecular complexity index is 1250. The summed E-state index contributed by atoms with van der Waals surface area (Å²) in [5.41, 5.74) is 2.11. The fourth-order valence-corrected chi connectivity index (χ4v) is 4.44. The topological polar surface area (TPSA) is 69.7 Å². The zero-order chi connectivity index (χ0) is 24.4. The number of rotatable bonds is 8. The SMILES string of the molecule is CC(C)CNC(=O)C(C)N(Cc1cccc(Cl)c1)C(=O)CN1C(=O)c2cccc3cccc1c23. The summed E-state index contributed by atoms with van der Waals surface area (Å²) >= 11 is 6.15. The van der Waals surface area contributed by atoms with E-state index in [-0.39, 0.29) is 36.7 Å². The van der Waals surface area contributed by atoms with Gasteiger partial charge in [-0.1, -0.05) is 61.8 Å². The fraction of sp³-hybridized carbons (Fsp3) is 0.296. The van der Waals surface area contributed by atoms with Crippen LogP contribution in [0.5, 0.6) is 0 Å². The van der Waals surface area contributed by atoms with Gasteiger partial charge in [-0.2, -0.15) is 0 Å². The molecular formula is C27H28ClN3O3. The molecule has 3 aromatic rings. The van der Waals surface area contributed by atoms with E-state index in [0.29, 0.717) is 22.8 Å². The van der Waals surface area contributed by atoms with Gasteiger partial charge >= 0.3 is 0 Å². The Hall–Kier alpha value is -3.38. The maximum absolute atomic E-state index is 13.6. The van der Waals surface area contributed by atoms with E-state index in [1.807, 2.05) is 56.3 Å². The molecule has 6 nitrogen and oxygen atoms in total. The Labute approximate surface area is 204 Å². The van der Waals surface area contributed by atoms with Crippen LogP contribution < -0.4 is 10.2 Å². The fourth-order valence-electron chi connectivity index (χ4n) is 4.23. The van der Waals surface area contributed by atoms with Crippen molar-refractivity contribution in [1.82, 2.24) is 10.2 Å². The summed E-state index contributed by atoms with van der Waals surface area (Å²) in [5.74, 6) is -0.471. The van der Waals surface area contributed by atoms with Crippen molar-refractivity contribution in [3.63, 3.8) is 0 Å². The molecule has 1 aliphatic heterocycles. The van der Waals surface area contributed by atoms with E-state index in [1.165, 1.54) is 9.80 Å². The number of hydrogen-bond acceptors (Lipinski definition) is 3. The lowest BCUT2D eigenvalue weighted by Gasteiger charge is -2.31. The van der Waals surface area contributed by atoms with Crippen molar-refractivity contribution in [2.75, 3.05) is 18.0 Å². The molecule has 0 saturated carbocycles. The molecule has 3 amide bonds. The minimum absolute atomic E-state index is 0.158. The highest BCUT2D eigenvalue weighted by molar-refractivity contribution is 6.30. The van der Waals surface area contributed by atoms with E-state index >= 15 is 0 Å². The number of anilines is 1. The molecule has 0 spiro atoms. The summed E-state index contributed by atoms with van der Waals surface area (Å²) in [5, 5.41) is 5.27. The molecule has 0 aliphatic carbocycles.